The monoisotopic (exact) mass is 339 g/mol. The molecule has 0 bridgehead atoms. The fourth-order valence-electron chi connectivity index (χ4n) is 3.56. The number of anilines is 1. The average molecular weight is 339 g/mol. The fourth-order valence-corrected chi connectivity index (χ4v) is 3.56. The normalized spacial score (nSPS) is 18.0. The minimum atomic E-state index is -0.0198. The number of fused-ring (bicyclic) bond motifs is 2. The van der Waals surface area contributed by atoms with Gasteiger partial charge in [0.05, 0.1) is 5.69 Å². The van der Waals surface area contributed by atoms with Gasteiger partial charge in [0.15, 0.2) is 11.5 Å². The Bertz CT molecular complexity index is 821. The summed E-state index contributed by atoms with van der Waals surface area (Å²) in [6, 6.07) is 10.6. The Morgan fingerprint density at radius 1 is 1.04 bits per heavy atom. The predicted octanol–water partition coefficient (Wildman–Crippen LogP) is 4.46. The van der Waals surface area contributed by atoms with Gasteiger partial charge in [0.2, 0.25) is 6.79 Å². The molecule has 2 aliphatic heterocycles. The number of hydrogen-bond donors (Lipinski definition) is 0. The van der Waals surface area contributed by atoms with Crippen molar-refractivity contribution in [3.8, 4) is 17.2 Å². The lowest BCUT2D eigenvalue weighted by Crippen LogP contribution is -2.14. The van der Waals surface area contributed by atoms with Crippen molar-refractivity contribution in [1.29, 1.82) is 0 Å². The molecule has 4 rings (SSSR count). The first-order chi connectivity index (χ1) is 11.8. The van der Waals surface area contributed by atoms with Crippen LogP contribution in [0.5, 0.6) is 17.2 Å². The minimum absolute atomic E-state index is 0.00620. The minimum Gasteiger partial charge on any atom is -0.483 e. The molecule has 0 N–H and O–H groups in total. The van der Waals surface area contributed by atoms with E-state index in [4.69, 9.17) is 14.2 Å². The molecule has 2 aromatic rings. The van der Waals surface area contributed by atoms with Gasteiger partial charge in [-0.1, -0.05) is 32.9 Å². The van der Waals surface area contributed by atoms with Gasteiger partial charge in [-0.3, -0.25) is 0 Å². The molecular formula is C21H25NO3. The van der Waals surface area contributed by atoms with E-state index >= 15 is 0 Å². The third kappa shape index (κ3) is 2.70. The van der Waals surface area contributed by atoms with E-state index in [9.17, 15) is 0 Å². The molecule has 4 heteroatoms. The van der Waals surface area contributed by atoms with Crippen molar-refractivity contribution in [2.75, 3.05) is 25.8 Å². The van der Waals surface area contributed by atoms with E-state index in [1.807, 2.05) is 14.1 Å². The Hall–Kier alpha value is -2.36. The highest BCUT2D eigenvalue weighted by molar-refractivity contribution is 5.63. The molecule has 0 spiro atoms. The largest absolute Gasteiger partial charge is 0.483 e. The Labute approximate surface area is 149 Å². The first-order valence-electron chi connectivity index (χ1n) is 8.74. The number of benzene rings is 2. The summed E-state index contributed by atoms with van der Waals surface area (Å²) in [6.45, 7) is 6.88. The van der Waals surface area contributed by atoms with Gasteiger partial charge in [0.1, 0.15) is 11.9 Å². The third-order valence-electron chi connectivity index (χ3n) is 4.90. The SMILES string of the molecule is CN(C)c1cccc2c1OC(c1cc3c(c(C(C)(C)C)c1)OCO3)C2. The summed E-state index contributed by atoms with van der Waals surface area (Å²) in [4.78, 5) is 2.10. The fraction of sp³-hybridized carbons (Fsp3) is 0.429. The van der Waals surface area contributed by atoms with Crippen LogP contribution in [0.4, 0.5) is 5.69 Å². The van der Waals surface area contributed by atoms with Crippen LogP contribution in [0.2, 0.25) is 0 Å². The topological polar surface area (TPSA) is 30.9 Å². The highest BCUT2D eigenvalue weighted by atomic mass is 16.7. The summed E-state index contributed by atoms with van der Waals surface area (Å²) in [5.41, 5.74) is 4.68. The van der Waals surface area contributed by atoms with Crippen LogP contribution in [0.15, 0.2) is 30.3 Å². The van der Waals surface area contributed by atoms with E-state index in [0.29, 0.717) is 6.79 Å². The van der Waals surface area contributed by atoms with Crippen LogP contribution in [0.25, 0.3) is 0 Å². The van der Waals surface area contributed by atoms with Crippen LogP contribution >= 0.6 is 0 Å². The molecule has 25 heavy (non-hydrogen) atoms. The second kappa shape index (κ2) is 5.58. The molecule has 2 aromatic carbocycles. The van der Waals surface area contributed by atoms with E-state index in [1.54, 1.807) is 0 Å². The van der Waals surface area contributed by atoms with Gasteiger partial charge >= 0.3 is 0 Å². The van der Waals surface area contributed by atoms with Crippen molar-refractivity contribution in [1.82, 2.24) is 0 Å². The highest BCUT2D eigenvalue weighted by Crippen LogP contribution is 2.47. The first kappa shape index (κ1) is 16.1. The van der Waals surface area contributed by atoms with Crippen LogP contribution in [-0.4, -0.2) is 20.9 Å². The smallest absolute Gasteiger partial charge is 0.231 e. The van der Waals surface area contributed by atoms with Crippen molar-refractivity contribution >= 4 is 5.69 Å². The molecule has 1 unspecified atom stereocenters. The maximum absolute atomic E-state index is 6.37. The van der Waals surface area contributed by atoms with Crippen LogP contribution in [-0.2, 0) is 11.8 Å². The van der Waals surface area contributed by atoms with Crippen molar-refractivity contribution in [2.45, 2.75) is 38.7 Å². The van der Waals surface area contributed by atoms with E-state index in [2.05, 4.69) is 56.0 Å². The molecule has 0 radical (unpaired) electrons. The zero-order valence-electron chi connectivity index (χ0n) is 15.6. The molecule has 1 atom stereocenters. The second-order valence-electron chi connectivity index (χ2n) is 8.02. The van der Waals surface area contributed by atoms with Crippen molar-refractivity contribution in [2.24, 2.45) is 0 Å². The Balaban J connectivity index is 1.74. The molecule has 0 aromatic heterocycles. The summed E-state index contributed by atoms with van der Waals surface area (Å²) < 4.78 is 17.8. The van der Waals surface area contributed by atoms with Crippen LogP contribution in [0, 0.1) is 0 Å². The standard InChI is InChI=1S/C21H25NO3/c1-21(2,3)15-9-14(11-18-20(15)24-12-23-18)17-10-13-7-6-8-16(22(4)5)19(13)25-17/h6-9,11,17H,10,12H2,1-5H3. The number of hydrogen-bond acceptors (Lipinski definition) is 4. The van der Waals surface area contributed by atoms with Gasteiger partial charge in [0, 0.05) is 31.6 Å². The molecule has 0 saturated heterocycles. The lowest BCUT2D eigenvalue weighted by molar-refractivity contribution is 0.172. The van der Waals surface area contributed by atoms with Crippen molar-refractivity contribution in [3.63, 3.8) is 0 Å². The first-order valence-corrected chi connectivity index (χ1v) is 8.74. The van der Waals surface area contributed by atoms with E-state index in [1.165, 1.54) is 11.1 Å². The van der Waals surface area contributed by atoms with Gasteiger partial charge in [-0.05, 0) is 29.2 Å². The summed E-state index contributed by atoms with van der Waals surface area (Å²) >= 11 is 0. The molecule has 0 fully saturated rings. The Morgan fingerprint density at radius 3 is 2.56 bits per heavy atom. The number of rotatable bonds is 2. The quantitative estimate of drug-likeness (QED) is 0.808. The summed E-state index contributed by atoms with van der Waals surface area (Å²) in [5, 5.41) is 0. The predicted molar refractivity (Wildman–Crippen MR) is 99.1 cm³/mol. The van der Waals surface area contributed by atoms with Crippen molar-refractivity contribution in [3.05, 3.63) is 47.0 Å². The zero-order chi connectivity index (χ0) is 17.8. The van der Waals surface area contributed by atoms with Gasteiger partial charge in [-0.2, -0.15) is 0 Å². The van der Waals surface area contributed by atoms with Gasteiger partial charge < -0.3 is 19.1 Å². The van der Waals surface area contributed by atoms with Gasteiger partial charge in [-0.25, -0.2) is 0 Å². The number of para-hydroxylation sites is 1. The molecule has 2 aliphatic rings. The summed E-state index contributed by atoms with van der Waals surface area (Å²) in [7, 11) is 4.09. The van der Waals surface area contributed by atoms with E-state index in [0.717, 1.165) is 34.9 Å². The maximum atomic E-state index is 6.37. The lowest BCUT2D eigenvalue weighted by atomic mass is 9.84. The zero-order valence-corrected chi connectivity index (χ0v) is 15.6. The van der Waals surface area contributed by atoms with Crippen LogP contribution in [0.1, 0.15) is 43.6 Å². The highest BCUT2D eigenvalue weighted by Gasteiger charge is 2.32. The lowest BCUT2D eigenvalue weighted by Gasteiger charge is -2.23. The van der Waals surface area contributed by atoms with Gasteiger partial charge in [0.25, 0.3) is 0 Å². The Morgan fingerprint density at radius 2 is 1.84 bits per heavy atom. The number of ether oxygens (including phenoxy) is 3. The Kier molecular flexibility index (Phi) is 3.60. The van der Waals surface area contributed by atoms with Crippen LogP contribution < -0.4 is 19.1 Å². The second-order valence-corrected chi connectivity index (χ2v) is 8.02. The van der Waals surface area contributed by atoms with Crippen LogP contribution in [0.3, 0.4) is 0 Å². The molecule has 4 nitrogen and oxygen atoms in total. The maximum Gasteiger partial charge on any atom is 0.231 e. The molecule has 0 saturated carbocycles. The summed E-state index contributed by atoms with van der Waals surface area (Å²) in [5.74, 6) is 2.70. The molecular weight excluding hydrogens is 314 g/mol. The van der Waals surface area contributed by atoms with Crippen molar-refractivity contribution < 1.29 is 14.2 Å². The summed E-state index contributed by atoms with van der Waals surface area (Å²) in [6.07, 6.45) is 0.881. The van der Waals surface area contributed by atoms with Gasteiger partial charge in [-0.15, -0.1) is 0 Å². The molecule has 132 valence electrons. The molecule has 0 aliphatic carbocycles. The van der Waals surface area contributed by atoms with E-state index in [-0.39, 0.29) is 11.5 Å². The number of nitrogens with zero attached hydrogens (tertiary/aromatic N) is 1. The molecule has 2 heterocycles. The average Bonchev–Trinajstić information content (AvgIpc) is 3.18. The van der Waals surface area contributed by atoms with E-state index < -0.39 is 0 Å². The third-order valence-corrected chi connectivity index (χ3v) is 4.90. The molecule has 0 amide bonds.